The molecule has 0 saturated heterocycles. The SMILES string of the molecule is CCOP1(=O)C(c2ccc(Cl)cc2)=C(c2ccc(Cl)cc2)c2ccccc21. The van der Waals surface area contributed by atoms with Crippen molar-refractivity contribution in [1.29, 1.82) is 0 Å². The number of fused-ring (bicyclic) bond motifs is 1. The summed E-state index contributed by atoms with van der Waals surface area (Å²) in [5, 5.41) is 2.74. The molecule has 5 heteroatoms. The Morgan fingerprint density at radius 1 is 0.815 bits per heavy atom. The lowest BCUT2D eigenvalue weighted by molar-refractivity contribution is 0.349. The van der Waals surface area contributed by atoms with Gasteiger partial charge >= 0.3 is 0 Å². The third-order valence-corrected chi connectivity index (χ3v) is 7.80. The predicted molar refractivity (Wildman–Crippen MR) is 114 cm³/mol. The first-order valence-electron chi connectivity index (χ1n) is 8.66. The van der Waals surface area contributed by atoms with E-state index in [-0.39, 0.29) is 0 Å². The van der Waals surface area contributed by atoms with E-state index in [1.165, 1.54) is 0 Å². The van der Waals surface area contributed by atoms with E-state index in [0.717, 1.165) is 27.6 Å². The number of hydrogen-bond donors (Lipinski definition) is 0. The molecule has 136 valence electrons. The van der Waals surface area contributed by atoms with E-state index in [4.69, 9.17) is 27.7 Å². The second-order valence-electron chi connectivity index (χ2n) is 6.22. The second-order valence-corrected chi connectivity index (χ2v) is 9.39. The molecule has 0 N–H and O–H groups in total. The van der Waals surface area contributed by atoms with Crippen LogP contribution in [0.4, 0.5) is 0 Å². The standard InChI is InChI=1S/C22H17Cl2O2P/c1-2-26-27(25)20-6-4-3-5-19(20)21(15-7-11-17(23)12-8-15)22(27)16-9-13-18(24)14-10-16/h3-14H,2H2,1H3. The quantitative estimate of drug-likeness (QED) is 0.435. The molecule has 0 radical (unpaired) electrons. The number of hydrogen-bond acceptors (Lipinski definition) is 2. The Hall–Kier alpha value is -1.83. The van der Waals surface area contributed by atoms with E-state index >= 15 is 0 Å². The molecule has 3 aromatic rings. The van der Waals surface area contributed by atoms with Crippen LogP contribution in [-0.4, -0.2) is 6.61 Å². The Kier molecular flexibility index (Phi) is 5.01. The van der Waals surface area contributed by atoms with Crippen LogP contribution in [0.1, 0.15) is 23.6 Å². The van der Waals surface area contributed by atoms with Crippen LogP contribution in [0.3, 0.4) is 0 Å². The third-order valence-electron chi connectivity index (χ3n) is 4.58. The van der Waals surface area contributed by atoms with Crippen LogP contribution in [0.5, 0.6) is 0 Å². The molecule has 27 heavy (non-hydrogen) atoms. The summed E-state index contributed by atoms with van der Waals surface area (Å²) in [4.78, 5) is 0. The molecule has 2 nitrogen and oxygen atoms in total. The summed E-state index contributed by atoms with van der Waals surface area (Å²) in [6, 6.07) is 22.7. The summed E-state index contributed by atoms with van der Waals surface area (Å²) in [7, 11) is -3.24. The molecule has 0 amide bonds. The van der Waals surface area contributed by atoms with Crippen LogP contribution in [-0.2, 0) is 9.09 Å². The van der Waals surface area contributed by atoms with Gasteiger partial charge in [0.1, 0.15) is 0 Å². The maximum absolute atomic E-state index is 14.2. The maximum Gasteiger partial charge on any atom is 0.263 e. The van der Waals surface area contributed by atoms with Crippen molar-refractivity contribution in [2.45, 2.75) is 6.92 Å². The van der Waals surface area contributed by atoms with Gasteiger partial charge in [-0.05, 0) is 53.9 Å². The lowest BCUT2D eigenvalue weighted by Crippen LogP contribution is -2.07. The average molecular weight is 415 g/mol. The van der Waals surface area contributed by atoms with Crippen molar-refractivity contribution in [3.8, 4) is 0 Å². The van der Waals surface area contributed by atoms with E-state index in [0.29, 0.717) is 22.0 Å². The van der Waals surface area contributed by atoms with Crippen molar-refractivity contribution in [2.75, 3.05) is 6.61 Å². The molecule has 4 rings (SSSR count). The smallest absolute Gasteiger partial charge is 0.263 e. The lowest BCUT2D eigenvalue weighted by Gasteiger charge is -2.18. The number of rotatable bonds is 4. The van der Waals surface area contributed by atoms with E-state index in [9.17, 15) is 4.57 Å². The van der Waals surface area contributed by atoms with E-state index in [2.05, 4.69) is 0 Å². The fourth-order valence-corrected chi connectivity index (χ4v) is 6.43. The number of halogens is 2. The van der Waals surface area contributed by atoms with Crippen LogP contribution >= 0.6 is 30.6 Å². The van der Waals surface area contributed by atoms with Gasteiger partial charge < -0.3 is 4.52 Å². The zero-order chi connectivity index (χ0) is 19.0. The molecule has 1 unspecified atom stereocenters. The summed E-state index contributed by atoms with van der Waals surface area (Å²) in [6.07, 6.45) is 0. The van der Waals surface area contributed by atoms with Gasteiger partial charge in [-0.1, -0.05) is 65.7 Å². The van der Waals surface area contributed by atoms with Crippen LogP contribution < -0.4 is 5.30 Å². The van der Waals surface area contributed by atoms with Gasteiger partial charge in [0.05, 0.1) is 11.9 Å². The Bertz CT molecular complexity index is 1070. The molecule has 3 aromatic carbocycles. The van der Waals surface area contributed by atoms with Gasteiger partial charge in [0.25, 0.3) is 7.37 Å². The molecule has 0 aromatic heterocycles. The zero-order valence-electron chi connectivity index (χ0n) is 14.7. The highest BCUT2D eigenvalue weighted by Crippen LogP contribution is 2.66. The minimum absolute atomic E-state index is 0.358. The van der Waals surface area contributed by atoms with Gasteiger partial charge in [0, 0.05) is 20.9 Å². The Labute approximate surface area is 168 Å². The molecule has 0 saturated carbocycles. The first-order chi connectivity index (χ1) is 13.0. The van der Waals surface area contributed by atoms with Crippen molar-refractivity contribution in [3.05, 3.63) is 99.5 Å². The second kappa shape index (κ2) is 7.30. The molecule has 1 heterocycles. The molecular formula is C22H17Cl2O2P. The van der Waals surface area contributed by atoms with Gasteiger partial charge in [0.2, 0.25) is 0 Å². The Balaban J connectivity index is 2.07. The highest BCUT2D eigenvalue weighted by atomic mass is 35.5. The summed E-state index contributed by atoms with van der Waals surface area (Å²) in [5.41, 5.74) is 3.65. The van der Waals surface area contributed by atoms with Crippen LogP contribution in [0.25, 0.3) is 10.9 Å². The fourth-order valence-electron chi connectivity index (χ4n) is 3.48. The predicted octanol–water partition coefficient (Wildman–Crippen LogP) is 6.86. The Morgan fingerprint density at radius 2 is 1.37 bits per heavy atom. The zero-order valence-corrected chi connectivity index (χ0v) is 17.1. The summed E-state index contributed by atoms with van der Waals surface area (Å²) < 4.78 is 20.1. The molecule has 1 atom stereocenters. The van der Waals surface area contributed by atoms with Crippen LogP contribution in [0, 0.1) is 0 Å². The molecular weight excluding hydrogens is 398 g/mol. The van der Waals surface area contributed by atoms with E-state index in [1.807, 2.05) is 79.7 Å². The van der Waals surface area contributed by atoms with Gasteiger partial charge in [-0.3, -0.25) is 4.57 Å². The lowest BCUT2D eigenvalue weighted by atomic mass is 9.96. The molecule has 0 fully saturated rings. The monoisotopic (exact) mass is 414 g/mol. The van der Waals surface area contributed by atoms with Gasteiger partial charge in [-0.25, -0.2) is 0 Å². The first kappa shape index (κ1) is 18.5. The minimum Gasteiger partial charge on any atom is -0.322 e. The van der Waals surface area contributed by atoms with E-state index in [1.54, 1.807) is 0 Å². The molecule has 1 aliphatic rings. The minimum atomic E-state index is -3.24. The number of benzene rings is 3. The van der Waals surface area contributed by atoms with Gasteiger partial charge in [-0.2, -0.15) is 0 Å². The maximum atomic E-state index is 14.2. The molecule has 1 aliphatic heterocycles. The van der Waals surface area contributed by atoms with Crippen LogP contribution in [0.2, 0.25) is 10.0 Å². The first-order valence-corrected chi connectivity index (χ1v) is 11.0. The molecule has 0 spiro atoms. The Morgan fingerprint density at radius 3 is 1.96 bits per heavy atom. The van der Waals surface area contributed by atoms with Crippen molar-refractivity contribution >= 4 is 46.8 Å². The topological polar surface area (TPSA) is 26.3 Å². The van der Waals surface area contributed by atoms with Crippen molar-refractivity contribution in [1.82, 2.24) is 0 Å². The van der Waals surface area contributed by atoms with Gasteiger partial charge in [-0.15, -0.1) is 0 Å². The highest BCUT2D eigenvalue weighted by molar-refractivity contribution is 7.78. The normalized spacial score (nSPS) is 18.6. The van der Waals surface area contributed by atoms with E-state index < -0.39 is 7.37 Å². The van der Waals surface area contributed by atoms with Crippen molar-refractivity contribution in [3.63, 3.8) is 0 Å². The fraction of sp³-hybridized carbons (Fsp3) is 0.0909. The summed E-state index contributed by atoms with van der Waals surface area (Å²) >= 11 is 12.2. The van der Waals surface area contributed by atoms with Crippen molar-refractivity contribution < 1.29 is 9.09 Å². The molecule has 0 aliphatic carbocycles. The van der Waals surface area contributed by atoms with Crippen molar-refractivity contribution in [2.24, 2.45) is 0 Å². The van der Waals surface area contributed by atoms with Gasteiger partial charge in [0.15, 0.2) is 0 Å². The summed E-state index contributed by atoms with van der Waals surface area (Å²) in [6.45, 7) is 2.22. The largest absolute Gasteiger partial charge is 0.322 e. The highest BCUT2D eigenvalue weighted by Gasteiger charge is 2.42. The average Bonchev–Trinajstić information content (AvgIpc) is 2.93. The van der Waals surface area contributed by atoms with Crippen LogP contribution in [0.15, 0.2) is 72.8 Å². The molecule has 0 bridgehead atoms. The third kappa shape index (κ3) is 3.17. The summed E-state index contributed by atoms with van der Waals surface area (Å²) in [5.74, 6) is 0.